The predicted molar refractivity (Wildman–Crippen MR) is 141 cm³/mol. The molecule has 222 valence electrons. The highest BCUT2D eigenvalue weighted by molar-refractivity contribution is 6.43. The number of carbonyl (C=O) groups is 3. The van der Waals surface area contributed by atoms with Crippen LogP contribution < -0.4 is 11.1 Å². The molecule has 0 spiro atoms. The molecule has 4 N–H and O–H groups in total. The molecule has 3 rings (SSSR count). The van der Waals surface area contributed by atoms with E-state index in [1.807, 2.05) is 6.92 Å². The number of nitrogens with one attached hydrogen (secondary N) is 2. The van der Waals surface area contributed by atoms with Crippen LogP contribution in [0.3, 0.4) is 0 Å². The van der Waals surface area contributed by atoms with Gasteiger partial charge in [-0.1, -0.05) is 34.1 Å². The van der Waals surface area contributed by atoms with Crippen molar-refractivity contribution in [2.24, 2.45) is 17.1 Å². The van der Waals surface area contributed by atoms with Crippen molar-refractivity contribution in [2.75, 3.05) is 5.32 Å². The average molecular weight is 579 g/mol. The third-order valence-electron chi connectivity index (χ3n) is 7.13. The van der Waals surface area contributed by atoms with Crippen LogP contribution in [0.15, 0.2) is 40.9 Å². The van der Waals surface area contributed by atoms with E-state index in [0.717, 1.165) is 12.1 Å². The summed E-state index contributed by atoms with van der Waals surface area (Å²) in [6, 6.07) is 5.74. The standard InChI is InChI=1S/C27H33F3N6O5/c1-5-14-25(3,4)26(41-24(31)39,21(37)22(38)33-19-13-15-32-34-19)17(6-2)11-12-20-35-36-23(40-20)16-7-9-18(10-8-16)27(28,29)30/h7-10,13,15,17H,5-6,11-12,14H2,1-4H3,(H2,31,39)(H2,32,33,34,38). The van der Waals surface area contributed by atoms with Crippen LogP contribution in [0.4, 0.5) is 23.8 Å². The van der Waals surface area contributed by atoms with Gasteiger partial charge in [-0.3, -0.25) is 14.7 Å². The molecule has 0 saturated heterocycles. The number of aromatic amines is 1. The zero-order valence-electron chi connectivity index (χ0n) is 23.2. The van der Waals surface area contributed by atoms with Crippen molar-refractivity contribution in [1.29, 1.82) is 0 Å². The summed E-state index contributed by atoms with van der Waals surface area (Å²) in [6.07, 6.45) is -2.66. The first-order chi connectivity index (χ1) is 19.2. The van der Waals surface area contributed by atoms with Gasteiger partial charge in [0, 0.05) is 29.4 Å². The largest absolute Gasteiger partial charge is 0.434 e. The number of aromatic nitrogens is 4. The molecule has 0 aliphatic rings. The van der Waals surface area contributed by atoms with Crippen molar-refractivity contribution in [3.8, 4) is 11.5 Å². The second kappa shape index (κ2) is 12.5. The summed E-state index contributed by atoms with van der Waals surface area (Å²) in [7, 11) is 0. The molecule has 0 fully saturated rings. The number of nitrogens with zero attached hydrogens (tertiary/aromatic N) is 3. The van der Waals surface area contributed by atoms with Gasteiger partial charge in [-0.2, -0.15) is 18.3 Å². The number of aryl methyl sites for hydroxylation is 1. The van der Waals surface area contributed by atoms with E-state index in [0.29, 0.717) is 24.8 Å². The highest BCUT2D eigenvalue weighted by Gasteiger charge is 2.60. The summed E-state index contributed by atoms with van der Waals surface area (Å²) in [5, 5.41) is 16.7. The molecule has 3 aromatic rings. The van der Waals surface area contributed by atoms with E-state index in [1.165, 1.54) is 24.4 Å². The molecule has 2 heterocycles. The predicted octanol–water partition coefficient (Wildman–Crippen LogP) is 5.31. The number of Topliss-reactive ketones (excluding diaryl/α,β-unsaturated/α-hetero) is 1. The molecule has 0 radical (unpaired) electrons. The maximum absolute atomic E-state index is 13.9. The molecule has 1 aromatic carbocycles. The number of nitrogens with two attached hydrogens (primary N) is 1. The maximum Gasteiger partial charge on any atom is 0.416 e. The summed E-state index contributed by atoms with van der Waals surface area (Å²) in [6.45, 7) is 7.15. The van der Waals surface area contributed by atoms with Crippen molar-refractivity contribution >= 4 is 23.6 Å². The quantitative estimate of drug-likeness (QED) is 0.230. The number of benzene rings is 1. The Kier molecular flexibility index (Phi) is 9.56. The van der Waals surface area contributed by atoms with Crippen molar-refractivity contribution in [3.63, 3.8) is 0 Å². The molecule has 0 aliphatic carbocycles. The number of carbonyl (C=O) groups excluding carboxylic acids is 3. The van der Waals surface area contributed by atoms with Crippen molar-refractivity contribution in [2.45, 2.75) is 71.6 Å². The van der Waals surface area contributed by atoms with Crippen LogP contribution in [0.25, 0.3) is 11.5 Å². The molecule has 0 bridgehead atoms. The molecular formula is C27H33F3N6O5. The van der Waals surface area contributed by atoms with Gasteiger partial charge >= 0.3 is 12.3 Å². The highest BCUT2D eigenvalue weighted by atomic mass is 19.4. The Hall–Kier alpha value is -4.23. The lowest BCUT2D eigenvalue weighted by Gasteiger charge is -2.48. The molecule has 0 saturated carbocycles. The van der Waals surface area contributed by atoms with Crippen LogP contribution in [-0.4, -0.2) is 43.8 Å². The molecule has 2 unspecified atom stereocenters. The van der Waals surface area contributed by atoms with Crippen LogP contribution in [-0.2, 0) is 26.9 Å². The molecule has 2 amide bonds. The van der Waals surface area contributed by atoms with Crippen LogP contribution in [0.5, 0.6) is 0 Å². The number of H-pyrrole nitrogens is 1. The maximum atomic E-state index is 13.9. The lowest BCUT2D eigenvalue weighted by Crippen LogP contribution is -2.63. The van der Waals surface area contributed by atoms with E-state index >= 15 is 0 Å². The van der Waals surface area contributed by atoms with E-state index < -0.39 is 46.5 Å². The minimum absolute atomic E-state index is 0.0164. The Morgan fingerprint density at radius 2 is 1.78 bits per heavy atom. The third-order valence-corrected chi connectivity index (χ3v) is 7.13. The van der Waals surface area contributed by atoms with Crippen molar-refractivity contribution < 1.29 is 36.7 Å². The molecule has 14 heteroatoms. The fourth-order valence-electron chi connectivity index (χ4n) is 5.22. The first kappa shape index (κ1) is 31.3. The monoisotopic (exact) mass is 578 g/mol. The van der Waals surface area contributed by atoms with E-state index in [1.54, 1.807) is 20.8 Å². The van der Waals surface area contributed by atoms with Gasteiger partial charge in [-0.15, -0.1) is 10.2 Å². The Bertz CT molecular complexity index is 1340. The first-order valence-electron chi connectivity index (χ1n) is 13.1. The topological polar surface area (TPSA) is 166 Å². The second-order valence-corrected chi connectivity index (χ2v) is 10.3. The normalized spacial score (nSPS) is 14.2. The number of primary amides is 1. The first-order valence-corrected chi connectivity index (χ1v) is 13.1. The van der Waals surface area contributed by atoms with E-state index in [4.69, 9.17) is 14.9 Å². The lowest BCUT2D eigenvalue weighted by molar-refractivity contribution is -0.168. The Morgan fingerprint density at radius 1 is 1.10 bits per heavy atom. The molecule has 41 heavy (non-hydrogen) atoms. The van der Waals surface area contributed by atoms with Gasteiger partial charge in [0.1, 0.15) is 5.82 Å². The fourth-order valence-corrected chi connectivity index (χ4v) is 5.22. The number of alkyl halides is 3. The van der Waals surface area contributed by atoms with Crippen LogP contribution in [0.2, 0.25) is 0 Å². The summed E-state index contributed by atoms with van der Waals surface area (Å²) in [5.74, 6) is -2.36. The number of hydrogen-bond donors (Lipinski definition) is 3. The van der Waals surface area contributed by atoms with Crippen LogP contribution >= 0.6 is 0 Å². The van der Waals surface area contributed by atoms with Gasteiger partial charge in [-0.05, 0) is 43.5 Å². The number of amides is 2. The Balaban J connectivity index is 1.92. The van der Waals surface area contributed by atoms with Gasteiger partial charge in [0.15, 0.2) is 5.60 Å². The van der Waals surface area contributed by atoms with Gasteiger partial charge in [0.25, 0.3) is 11.7 Å². The summed E-state index contributed by atoms with van der Waals surface area (Å²) < 4.78 is 50.0. The summed E-state index contributed by atoms with van der Waals surface area (Å²) >= 11 is 0. The van der Waals surface area contributed by atoms with Crippen molar-refractivity contribution in [3.05, 3.63) is 48.0 Å². The molecule has 0 aliphatic heterocycles. The SMILES string of the molecule is CCCC(C)(C)C(OC(N)=O)(C(=O)C(=O)Nc1ccn[nH]1)C(CC)CCc1nnc(-c2ccc(C(F)(F)F)cc2)o1. The van der Waals surface area contributed by atoms with Gasteiger partial charge < -0.3 is 20.2 Å². The van der Waals surface area contributed by atoms with Gasteiger partial charge in [0.05, 0.1) is 11.8 Å². The third kappa shape index (κ3) is 6.92. The van der Waals surface area contributed by atoms with Gasteiger partial charge in [0.2, 0.25) is 11.8 Å². The number of halogens is 3. The molecule has 2 atom stereocenters. The molecule has 11 nitrogen and oxygen atoms in total. The minimum Gasteiger partial charge on any atom is -0.434 e. The number of hydrogen-bond acceptors (Lipinski definition) is 8. The van der Waals surface area contributed by atoms with E-state index in [-0.39, 0.29) is 30.4 Å². The van der Waals surface area contributed by atoms with Crippen LogP contribution in [0, 0.1) is 11.3 Å². The Labute approximate surface area is 234 Å². The minimum atomic E-state index is -4.48. The number of ether oxygens (including phenoxy) is 1. The number of anilines is 1. The van der Waals surface area contributed by atoms with Gasteiger partial charge in [-0.25, -0.2) is 4.79 Å². The van der Waals surface area contributed by atoms with Crippen LogP contribution in [0.1, 0.15) is 64.8 Å². The zero-order valence-corrected chi connectivity index (χ0v) is 23.2. The smallest absolute Gasteiger partial charge is 0.416 e. The Morgan fingerprint density at radius 3 is 2.32 bits per heavy atom. The van der Waals surface area contributed by atoms with Crippen molar-refractivity contribution in [1.82, 2.24) is 20.4 Å². The van der Waals surface area contributed by atoms with E-state index in [9.17, 15) is 27.6 Å². The highest BCUT2D eigenvalue weighted by Crippen LogP contribution is 2.47. The molecular weight excluding hydrogens is 545 g/mol. The summed E-state index contributed by atoms with van der Waals surface area (Å²) in [5.41, 5.74) is 1.98. The molecule has 2 aromatic heterocycles. The van der Waals surface area contributed by atoms with E-state index in [2.05, 4.69) is 25.7 Å². The second-order valence-electron chi connectivity index (χ2n) is 10.3. The lowest BCUT2D eigenvalue weighted by atomic mass is 9.61. The fraction of sp³-hybridized carbons (Fsp3) is 0.481. The summed E-state index contributed by atoms with van der Waals surface area (Å²) in [4.78, 5) is 39.4. The zero-order chi connectivity index (χ0) is 30.4. The number of rotatable bonds is 13. The average Bonchev–Trinajstić information content (AvgIpc) is 3.59. The number of ketones is 1.